The van der Waals surface area contributed by atoms with Crippen molar-refractivity contribution in [3.05, 3.63) is 40.9 Å². The third-order valence-corrected chi connectivity index (χ3v) is 3.73. The largest absolute Gasteiger partial charge is 0.481 e. The number of hydrogen-bond donors (Lipinski definition) is 1. The first kappa shape index (κ1) is 11.9. The monoisotopic (exact) mass is 273 g/mol. The molecule has 0 radical (unpaired) electrons. The second kappa shape index (κ2) is 4.47. The van der Waals surface area contributed by atoms with Gasteiger partial charge in [0, 0.05) is 10.9 Å². The Bertz CT molecular complexity index is 760. The molecule has 2 aromatic heterocycles. The normalized spacial score (nSPS) is 11.0. The van der Waals surface area contributed by atoms with Crippen molar-refractivity contribution < 1.29 is 9.90 Å². The number of benzene rings is 1. The van der Waals surface area contributed by atoms with E-state index in [1.54, 1.807) is 9.90 Å². The first-order valence-corrected chi connectivity index (χ1v) is 6.64. The van der Waals surface area contributed by atoms with E-state index in [-0.39, 0.29) is 6.42 Å². The van der Waals surface area contributed by atoms with Crippen molar-refractivity contribution in [1.29, 1.82) is 0 Å². The van der Waals surface area contributed by atoms with Gasteiger partial charge < -0.3 is 5.11 Å². The summed E-state index contributed by atoms with van der Waals surface area (Å²) in [5.74, 6) is -0.232. The standard InChI is InChI=1S/C13H11N3O2S/c1-8-4-2-3-5-10(8)12-14-13-16(15-12)9(7-19-13)6-11(17)18/h2-5,7H,6H2,1H3,(H,17,18). The molecule has 19 heavy (non-hydrogen) atoms. The number of carboxylic acid groups (broad SMARTS) is 1. The summed E-state index contributed by atoms with van der Waals surface area (Å²) in [6.45, 7) is 2.00. The summed E-state index contributed by atoms with van der Waals surface area (Å²) >= 11 is 1.40. The van der Waals surface area contributed by atoms with E-state index in [2.05, 4.69) is 10.1 Å². The van der Waals surface area contributed by atoms with Gasteiger partial charge in [-0.15, -0.1) is 16.4 Å². The van der Waals surface area contributed by atoms with Gasteiger partial charge in [-0.05, 0) is 12.5 Å². The maximum Gasteiger partial charge on any atom is 0.309 e. The van der Waals surface area contributed by atoms with Gasteiger partial charge in [0.25, 0.3) is 0 Å². The molecule has 1 N–H and O–H groups in total. The van der Waals surface area contributed by atoms with Crippen molar-refractivity contribution in [3.8, 4) is 11.4 Å². The molecule has 96 valence electrons. The van der Waals surface area contributed by atoms with Gasteiger partial charge in [-0.25, -0.2) is 4.52 Å². The van der Waals surface area contributed by atoms with Gasteiger partial charge in [-0.2, -0.15) is 4.98 Å². The van der Waals surface area contributed by atoms with Crippen molar-refractivity contribution in [3.63, 3.8) is 0 Å². The van der Waals surface area contributed by atoms with Crippen molar-refractivity contribution >= 4 is 22.3 Å². The van der Waals surface area contributed by atoms with E-state index in [1.165, 1.54) is 11.3 Å². The summed E-state index contributed by atoms with van der Waals surface area (Å²) < 4.78 is 1.61. The highest BCUT2D eigenvalue weighted by atomic mass is 32.1. The Morgan fingerprint density at radius 3 is 2.95 bits per heavy atom. The molecule has 0 aliphatic rings. The van der Waals surface area contributed by atoms with Gasteiger partial charge in [0.05, 0.1) is 12.1 Å². The molecule has 2 heterocycles. The van der Waals surface area contributed by atoms with E-state index in [1.807, 2.05) is 31.2 Å². The summed E-state index contributed by atoms with van der Waals surface area (Å²) in [6, 6.07) is 7.87. The predicted octanol–water partition coefficient (Wildman–Crippen LogP) is 2.39. The third kappa shape index (κ3) is 2.10. The number of aryl methyl sites for hydroxylation is 1. The number of nitrogens with zero attached hydrogens (tertiary/aromatic N) is 3. The van der Waals surface area contributed by atoms with Gasteiger partial charge in [0.15, 0.2) is 5.82 Å². The molecule has 0 fully saturated rings. The molecule has 0 atom stereocenters. The van der Waals surface area contributed by atoms with E-state index in [9.17, 15) is 4.79 Å². The Balaban J connectivity index is 2.10. The van der Waals surface area contributed by atoms with Crippen LogP contribution in [0, 0.1) is 6.92 Å². The van der Waals surface area contributed by atoms with Crippen molar-refractivity contribution in [2.45, 2.75) is 13.3 Å². The molecule has 0 unspecified atom stereocenters. The highest BCUT2D eigenvalue weighted by Gasteiger charge is 2.14. The van der Waals surface area contributed by atoms with E-state index in [0.29, 0.717) is 11.5 Å². The molecule has 0 spiro atoms. The van der Waals surface area contributed by atoms with Crippen molar-refractivity contribution in [2.75, 3.05) is 0 Å². The van der Waals surface area contributed by atoms with Crippen LogP contribution in [0.2, 0.25) is 0 Å². The number of carbonyl (C=O) groups is 1. The molecule has 0 aliphatic heterocycles. The molecular formula is C13H11N3O2S. The van der Waals surface area contributed by atoms with Crippen LogP contribution in [-0.2, 0) is 11.2 Å². The lowest BCUT2D eigenvalue weighted by Crippen LogP contribution is -2.03. The highest BCUT2D eigenvalue weighted by molar-refractivity contribution is 7.15. The minimum absolute atomic E-state index is 0.0451. The Kier molecular flexibility index (Phi) is 2.79. The van der Waals surface area contributed by atoms with Crippen LogP contribution in [0.3, 0.4) is 0 Å². The minimum Gasteiger partial charge on any atom is -0.481 e. The van der Waals surface area contributed by atoms with E-state index in [0.717, 1.165) is 16.1 Å². The molecule has 0 saturated carbocycles. The van der Waals surface area contributed by atoms with Crippen LogP contribution in [0.4, 0.5) is 0 Å². The average molecular weight is 273 g/mol. The van der Waals surface area contributed by atoms with Crippen LogP contribution >= 0.6 is 11.3 Å². The van der Waals surface area contributed by atoms with E-state index >= 15 is 0 Å². The molecule has 3 aromatic rings. The number of aromatic nitrogens is 3. The lowest BCUT2D eigenvalue weighted by atomic mass is 10.1. The van der Waals surface area contributed by atoms with Crippen LogP contribution in [-0.4, -0.2) is 25.7 Å². The zero-order valence-corrected chi connectivity index (χ0v) is 11.0. The van der Waals surface area contributed by atoms with Gasteiger partial charge in [-0.3, -0.25) is 4.79 Å². The number of thiazole rings is 1. The summed E-state index contributed by atoms with van der Waals surface area (Å²) in [5.41, 5.74) is 2.72. The third-order valence-electron chi connectivity index (χ3n) is 2.87. The predicted molar refractivity (Wildman–Crippen MR) is 72.4 cm³/mol. The number of fused-ring (bicyclic) bond motifs is 1. The fraction of sp³-hybridized carbons (Fsp3) is 0.154. The maximum atomic E-state index is 10.8. The van der Waals surface area contributed by atoms with Crippen LogP contribution < -0.4 is 0 Å². The quantitative estimate of drug-likeness (QED) is 0.795. The molecule has 0 aliphatic carbocycles. The fourth-order valence-corrected chi connectivity index (χ4v) is 2.76. The summed E-state index contributed by atoms with van der Waals surface area (Å²) in [4.78, 5) is 16.0. The Labute approximate surface area is 113 Å². The minimum atomic E-state index is -0.868. The first-order valence-electron chi connectivity index (χ1n) is 5.76. The van der Waals surface area contributed by atoms with Crippen LogP contribution in [0.5, 0.6) is 0 Å². The van der Waals surface area contributed by atoms with Crippen molar-refractivity contribution in [2.24, 2.45) is 0 Å². The van der Waals surface area contributed by atoms with Crippen LogP contribution in [0.25, 0.3) is 16.3 Å². The lowest BCUT2D eigenvalue weighted by molar-refractivity contribution is -0.136. The summed E-state index contributed by atoms with van der Waals surface area (Å²) in [6.07, 6.45) is -0.0451. The average Bonchev–Trinajstić information content (AvgIpc) is 2.91. The van der Waals surface area contributed by atoms with E-state index < -0.39 is 5.97 Å². The molecule has 0 saturated heterocycles. The Hall–Kier alpha value is -2.21. The van der Waals surface area contributed by atoms with Crippen LogP contribution in [0.15, 0.2) is 29.6 Å². The van der Waals surface area contributed by atoms with E-state index in [4.69, 9.17) is 5.11 Å². The lowest BCUT2D eigenvalue weighted by Gasteiger charge is -1.99. The van der Waals surface area contributed by atoms with Crippen molar-refractivity contribution in [1.82, 2.24) is 14.6 Å². The molecule has 0 amide bonds. The molecular weight excluding hydrogens is 262 g/mol. The second-order valence-corrected chi connectivity index (χ2v) is 5.08. The topological polar surface area (TPSA) is 67.5 Å². The zero-order chi connectivity index (χ0) is 13.4. The molecule has 3 rings (SSSR count). The number of aliphatic carboxylic acids is 1. The summed E-state index contributed by atoms with van der Waals surface area (Å²) in [7, 11) is 0. The Morgan fingerprint density at radius 2 is 2.21 bits per heavy atom. The van der Waals surface area contributed by atoms with Gasteiger partial charge in [-0.1, -0.05) is 24.3 Å². The van der Waals surface area contributed by atoms with Crippen LogP contribution in [0.1, 0.15) is 11.3 Å². The molecule has 5 nitrogen and oxygen atoms in total. The fourth-order valence-electron chi connectivity index (χ4n) is 1.94. The maximum absolute atomic E-state index is 10.8. The molecule has 1 aromatic carbocycles. The second-order valence-electron chi connectivity index (χ2n) is 4.24. The number of carboxylic acids is 1. The molecule has 0 bridgehead atoms. The SMILES string of the molecule is Cc1ccccc1-c1nc2scc(CC(=O)O)n2n1. The first-order chi connectivity index (χ1) is 9.15. The number of hydrogen-bond acceptors (Lipinski definition) is 4. The highest BCUT2D eigenvalue weighted by Crippen LogP contribution is 2.23. The van der Waals surface area contributed by atoms with Gasteiger partial charge in [0.1, 0.15) is 0 Å². The van der Waals surface area contributed by atoms with Gasteiger partial charge in [0.2, 0.25) is 4.96 Å². The van der Waals surface area contributed by atoms with Gasteiger partial charge >= 0.3 is 5.97 Å². The zero-order valence-electron chi connectivity index (χ0n) is 10.2. The summed E-state index contributed by atoms with van der Waals surface area (Å²) in [5, 5.41) is 15.0. The Morgan fingerprint density at radius 1 is 1.42 bits per heavy atom. The number of rotatable bonds is 3. The smallest absolute Gasteiger partial charge is 0.309 e. The molecule has 6 heteroatoms.